The highest BCUT2D eigenvalue weighted by molar-refractivity contribution is 9.10. The smallest absolute Gasteiger partial charge is 0.254 e. The molecule has 178 valence electrons. The second-order valence-corrected chi connectivity index (χ2v) is 9.69. The van der Waals surface area contributed by atoms with Gasteiger partial charge in [0.25, 0.3) is 5.91 Å². The van der Waals surface area contributed by atoms with Crippen molar-refractivity contribution >= 4 is 39.1 Å². The highest BCUT2D eigenvalue weighted by Crippen LogP contribution is 2.33. The lowest BCUT2D eigenvalue weighted by atomic mass is 10.1. The molecule has 3 aromatic rings. The molecule has 4 rings (SSSR count). The number of hydrogen-bond donors (Lipinski definition) is 0. The van der Waals surface area contributed by atoms with Crippen LogP contribution in [0.1, 0.15) is 20.8 Å². The summed E-state index contributed by atoms with van der Waals surface area (Å²) in [5.41, 5.74) is 1.44. The summed E-state index contributed by atoms with van der Waals surface area (Å²) < 4.78 is 16.9. The van der Waals surface area contributed by atoms with Crippen LogP contribution >= 0.6 is 27.3 Å². The molecule has 0 spiro atoms. The molecule has 7 nitrogen and oxygen atoms in total. The first-order valence-corrected chi connectivity index (χ1v) is 12.4. The van der Waals surface area contributed by atoms with Gasteiger partial charge in [0, 0.05) is 35.1 Å². The van der Waals surface area contributed by atoms with Crippen molar-refractivity contribution in [3.8, 4) is 11.5 Å². The quantitative estimate of drug-likeness (QED) is 0.374. The van der Waals surface area contributed by atoms with Gasteiger partial charge in [-0.15, -0.1) is 11.3 Å². The molecule has 0 fully saturated rings. The Morgan fingerprint density at radius 1 is 1.03 bits per heavy atom. The summed E-state index contributed by atoms with van der Waals surface area (Å²) in [5.74, 6) is 1.01. The SMILES string of the molecule is COCCN(CC(=O)N(Cc1ccc2c(c1)OCO2)Cc1cccs1)C(=O)c1cccc(Br)c1. The fourth-order valence-electron chi connectivity index (χ4n) is 3.60. The van der Waals surface area contributed by atoms with Gasteiger partial charge in [0.15, 0.2) is 11.5 Å². The summed E-state index contributed by atoms with van der Waals surface area (Å²) in [4.78, 5) is 31.1. The standard InChI is InChI=1S/C25H25BrN2O5S/c1-31-10-9-27(25(30)19-4-2-5-20(26)13-19)16-24(29)28(15-21-6-3-11-34-21)14-18-7-8-22-23(12-18)33-17-32-22/h2-8,11-13H,9-10,14-17H2,1H3. The molecule has 0 N–H and O–H groups in total. The van der Waals surface area contributed by atoms with Gasteiger partial charge in [-0.2, -0.15) is 0 Å². The van der Waals surface area contributed by atoms with Gasteiger partial charge >= 0.3 is 0 Å². The van der Waals surface area contributed by atoms with E-state index in [-0.39, 0.29) is 25.2 Å². The lowest BCUT2D eigenvalue weighted by Gasteiger charge is -2.28. The summed E-state index contributed by atoms with van der Waals surface area (Å²) >= 11 is 5.00. The Balaban J connectivity index is 1.53. The van der Waals surface area contributed by atoms with Crippen LogP contribution in [0.25, 0.3) is 0 Å². The summed E-state index contributed by atoms with van der Waals surface area (Å²) in [6, 6.07) is 16.8. The molecule has 0 unspecified atom stereocenters. The van der Waals surface area contributed by atoms with E-state index in [1.807, 2.05) is 41.8 Å². The van der Waals surface area contributed by atoms with Crippen molar-refractivity contribution in [1.29, 1.82) is 0 Å². The molecule has 9 heteroatoms. The van der Waals surface area contributed by atoms with E-state index < -0.39 is 0 Å². The van der Waals surface area contributed by atoms with Gasteiger partial charge in [-0.3, -0.25) is 9.59 Å². The Morgan fingerprint density at radius 3 is 2.65 bits per heavy atom. The third kappa shape index (κ3) is 6.16. The molecule has 0 aliphatic carbocycles. The van der Waals surface area contributed by atoms with Crippen molar-refractivity contribution in [2.75, 3.05) is 33.6 Å². The number of carbonyl (C=O) groups excluding carboxylic acids is 2. The van der Waals surface area contributed by atoms with E-state index in [2.05, 4.69) is 15.9 Å². The molecule has 1 aliphatic heterocycles. The van der Waals surface area contributed by atoms with Gasteiger partial charge in [0.2, 0.25) is 12.7 Å². The number of nitrogens with zero attached hydrogens (tertiary/aromatic N) is 2. The normalized spacial score (nSPS) is 11.9. The molecule has 2 aromatic carbocycles. The molecule has 1 aliphatic rings. The molecule has 0 bridgehead atoms. The van der Waals surface area contributed by atoms with Crippen LogP contribution in [0, 0.1) is 0 Å². The Kier molecular flexibility index (Phi) is 8.21. The van der Waals surface area contributed by atoms with Gasteiger partial charge in [0.1, 0.15) is 6.54 Å². The van der Waals surface area contributed by atoms with E-state index in [0.717, 1.165) is 14.9 Å². The number of benzene rings is 2. The lowest BCUT2D eigenvalue weighted by molar-refractivity contribution is -0.133. The first kappa shape index (κ1) is 24.3. The Labute approximate surface area is 211 Å². The highest BCUT2D eigenvalue weighted by Gasteiger charge is 2.24. The number of amides is 2. The maximum Gasteiger partial charge on any atom is 0.254 e. The van der Waals surface area contributed by atoms with Crippen LogP contribution in [0.4, 0.5) is 0 Å². The third-order valence-corrected chi connectivity index (χ3v) is 6.69. The highest BCUT2D eigenvalue weighted by atomic mass is 79.9. The third-order valence-electron chi connectivity index (χ3n) is 5.34. The minimum atomic E-state index is -0.217. The number of ether oxygens (including phenoxy) is 3. The van der Waals surface area contributed by atoms with Crippen LogP contribution in [0.5, 0.6) is 11.5 Å². The van der Waals surface area contributed by atoms with Crippen molar-refractivity contribution in [3.05, 3.63) is 80.5 Å². The summed E-state index contributed by atoms with van der Waals surface area (Å²) in [7, 11) is 1.58. The topological polar surface area (TPSA) is 68.3 Å². The van der Waals surface area contributed by atoms with E-state index in [4.69, 9.17) is 14.2 Å². The number of carbonyl (C=O) groups is 2. The van der Waals surface area contributed by atoms with Crippen LogP contribution in [0.15, 0.2) is 64.5 Å². The van der Waals surface area contributed by atoms with E-state index in [9.17, 15) is 9.59 Å². The van der Waals surface area contributed by atoms with Gasteiger partial charge in [-0.1, -0.05) is 34.1 Å². The van der Waals surface area contributed by atoms with Crippen molar-refractivity contribution < 1.29 is 23.8 Å². The maximum atomic E-state index is 13.5. The van der Waals surface area contributed by atoms with Crippen molar-refractivity contribution in [2.45, 2.75) is 13.1 Å². The molecular formula is C25H25BrN2O5S. The van der Waals surface area contributed by atoms with E-state index >= 15 is 0 Å². The molecule has 2 amide bonds. The van der Waals surface area contributed by atoms with Crippen LogP contribution in [0.3, 0.4) is 0 Å². The predicted molar refractivity (Wildman–Crippen MR) is 133 cm³/mol. The van der Waals surface area contributed by atoms with Crippen LogP contribution in [-0.4, -0.2) is 55.2 Å². The zero-order chi connectivity index (χ0) is 23.9. The predicted octanol–water partition coefficient (Wildman–Crippen LogP) is 4.56. The number of rotatable bonds is 10. The fraction of sp³-hybridized carbons (Fsp3) is 0.280. The van der Waals surface area contributed by atoms with E-state index in [1.54, 1.807) is 41.5 Å². The Bertz CT molecular complexity index is 1140. The van der Waals surface area contributed by atoms with Crippen LogP contribution in [0.2, 0.25) is 0 Å². The average Bonchev–Trinajstić information content (AvgIpc) is 3.52. The molecular weight excluding hydrogens is 520 g/mol. The molecule has 2 heterocycles. The van der Waals surface area contributed by atoms with Crippen molar-refractivity contribution in [1.82, 2.24) is 9.80 Å². The summed E-state index contributed by atoms with van der Waals surface area (Å²) in [5, 5.41) is 1.99. The number of halogens is 1. The van der Waals surface area contributed by atoms with E-state index in [1.165, 1.54) is 4.90 Å². The minimum absolute atomic E-state index is 0.0510. The zero-order valence-corrected chi connectivity index (χ0v) is 21.1. The molecule has 34 heavy (non-hydrogen) atoms. The molecule has 0 radical (unpaired) electrons. The Morgan fingerprint density at radius 2 is 1.88 bits per heavy atom. The van der Waals surface area contributed by atoms with Gasteiger partial charge < -0.3 is 24.0 Å². The Hall–Kier alpha value is -2.88. The van der Waals surface area contributed by atoms with Crippen LogP contribution in [-0.2, 0) is 22.6 Å². The van der Waals surface area contributed by atoms with Gasteiger partial charge in [-0.25, -0.2) is 0 Å². The van der Waals surface area contributed by atoms with Crippen molar-refractivity contribution in [2.24, 2.45) is 0 Å². The fourth-order valence-corrected chi connectivity index (χ4v) is 4.72. The zero-order valence-electron chi connectivity index (χ0n) is 18.7. The number of fused-ring (bicyclic) bond motifs is 1. The maximum absolute atomic E-state index is 13.5. The average molecular weight is 545 g/mol. The summed E-state index contributed by atoms with van der Waals surface area (Å²) in [6.45, 7) is 1.63. The number of thiophene rings is 1. The molecule has 0 atom stereocenters. The molecule has 0 saturated carbocycles. The molecule has 0 saturated heterocycles. The van der Waals surface area contributed by atoms with Crippen LogP contribution < -0.4 is 9.47 Å². The second kappa shape index (κ2) is 11.5. The first-order chi connectivity index (χ1) is 16.5. The number of hydrogen-bond acceptors (Lipinski definition) is 6. The lowest BCUT2D eigenvalue weighted by Crippen LogP contribution is -2.43. The number of methoxy groups -OCH3 is 1. The minimum Gasteiger partial charge on any atom is -0.454 e. The monoisotopic (exact) mass is 544 g/mol. The summed E-state index contributed by atoms with van der Waals surface area (Å²) in [6.07, 6.45) is 0. The van der Waals surface area contributed by atoms with E-state index in [0.29, 0.717) is 43.3 Å². The van der Waals surface area contributed by atoms with Gasteiger partial charge in [-0.05, 0) is 47.3 Å². The van der Waals surface area contributed by atoms with Gasteiger partial charge in [0.05, 0.1) is 13.2 Å². The molecule has 1 aromatic heterocycles. The largest absolute Gasteiger partial charge is 0.454 e. The first-order valence-electron chi connectivity index (χ1n) is 10.8. The second-order valence-electron chi connectivity index (χ2n) is 7.75. The van der Waals surface area contributed by atoms with Crippen molar-refractivity contribution in [3.63, 3.8) is 0 Å².